The third-order valence-corrected chi connectivity index (χ3v) is 4.61. The normalized spacial score (nSPS) is 16.8. The standard InChI is InChI=1S/C22H27F2N3O4/c1-22(2,3)31-21(28)27-12-5-4-8-17(27)16-7-6-9-19(26-16)29-14-15-10-11-18(25-13-15)30-20(23)24/h6-7,9-11,13,17,20H,4-5,8,12,14H2,1-3H3. The van der Waals surface area contributed by atoms with Crippen LogP contribution < -0.4 is 9.47 Å². The molecule has 0 aromatic carbocycles. The van der Waals surface area contributed by atoms with Gasteiger partial charge in [0.1, 0.15) is 12.2 Å². The number of carbonyl (C=O) groups is 1. The average Bonchev–Trinajstić information content (AvgIpc) is 2.72. The van der Waals surface area contributed by atoms with E-state index in [0.29, 0.717) is 18.0 Å². The molecule has 3 heterocycles. The smallest absolute Gasteiger partial charge is 0.410 e. The summed E-state index contributed by atoms with van der Waals surface area (Å²) in [5.41, 5.74) is 0.852. The van der Waals surface area contributed by atoms with Gasteiger partial charge in [-0.15, -0.1) is 0 Å². The Balaban J connectivity index is 1.66. The fourth-order valence-electron chi connectivity index (χ4n) is 3.29. The van der Waals surface area contributed by atoms with Gasteiger partial charge in [0.25, 0.3) is 0 Å². The van der Waals surface area contributed by atoms with Gasteiger partial charge in [-0.25, -0.2) is 14.8 Å². The maximum Gasteiger partial charge on any atom is 0.410 e. The number of alkyl halides is 2. The Morgan fingerprint density at radius 3 is 2.68 bits per heavy atom. The van der Waals surface area contributed by atoms with Gasteiger partial charge in [-0.1, -0.05) is 6.07 Å². The van der Waals surface area contributed by atoms with Crippen LogP contribution in [0.5, 0.6) is 11.8 Å². The predicted octanol–water partition coefficient (Wildman–Crippen LogP) is 5.12. The first-order valence-corrected chi connectivity index (χ1v) is 10.2. The number of hydrogen-bond acceptors (Lipinski definition) is 6. The minimum absolute atomic E-state index is 0.154. The van der Waals surface area contributed by atoms with Crippen LogP contribution in [-0.4, -0.2) is 39.7 Å². The molecule has 0 bridgehead atoms. The van der Waals surface area contributed by atoms with Gasteiger partial charge in [-0.05, 0) is 52.2 Å². The minimum Gasteiger partial charge on any atom is -0.473 e. The zero-order chi connectivity index (χ0) is 22.4. The lowest BCUT2D eigenvalue weighted by Gasteiger charge is -2.36. The molecule has 0 aliphatic carbocycles. The van der Waals surface area contributed by atoms with Gasteiger partial charge in [0.05, 0.1) is 11.7 Å². The maximum absolute atomic E-state index is 12.7. The van der Waals surface area contributed by atoms with E-state index in [9.17, 15) is 13.6 Å². The second-order valence-corrected chi connectivity index (χ2v) is 8.26. The van der Waals surface area contributed by atoms with Crippen molar-refractivity contribution in [3.63, 3.8) is 0 Å². The van der Waals surface area contributed by atoms with Crippen LogP contribution in [0.1, 0.15) is 57.3 Å². The van der Waals surface area contributed by atoms with Gasteiger partial charge >= 0.3 is 12.7 Å². The third-order valence-electron chi connectivity index (χ3n) is 4.61. The second kappa shape index (κ2) is 9.89. The van der Waals surface area contributed by atoms with E-state index >= 15 is 0 Å². The molecule has 0 N–H and O–H groups in total. The SMILES string of the molecule is CC(C)(C)OC(=O)N1CCCCC1c1cccc(OCc2ccc(OC(F)F)nc2)n1. The van der Waals surface area contributed by atoms with Gasteiger partial charge in [0, 0.05) is 30.4 Å². The van der Waals surface area contributed by atoms with Gasteiger partial charge < -0.3 is 14.2 Å². The zero-order valence-corrected chi connectivity index (χ0v) is 17.9. The van der Waals surface area contributed by atoms with Crippen LogP contribution in [0.2, 0.25) is 0 Å². The number of ether oxygens (including phenoxy) is 3. The highest BCUT2D eigenvalue weighted by Crippen LogP contribution is 2.32. The topological polar surface area (TPSA) is 73.8 Å². The molecular weight excluding hydrogens is 408 g/mol. The highest BCUT2D eigenvalue weighted by Gasteiger charge is 2.32. The monoisotopic (exact) mass is 435 g/mol. The van der Waals surface area contributed by atoms with Crippen molar-refractivity contribution in [2.24, 2.45) is 0 Å². The summed E-state index contributed by atoms with van der Waals surface area (Å²) in [6, 6.07) is 8.20. The number of aromatic nitrogens is 2. The van der Waals surface area contributed by atoms with Gasteiger partial charge in [-0.2, -0.15) is 8.78 Å². The maximum atomic E-state index is 12.7. The number of amides is 1. The van der Waals surface area contributed by atoms with Crippen LogP contribution in [0.3, 0.4) is 0 Å². The minimum atomic E-state index is -2.92. The number of likely N-dealkylation sites (tertiary alicyclic amines) is 1. The molecule has 1 amide bonds. The Hall–Kier alpha value is -2.97. The molecule has 1 fully saturated rings. The Morgan fingerprint density at radius 1 is 1.19 bits per heavy atom. The Bertz CT molecular complexity index is 872. The van der Waals surface area contributed by atoms with Crippen molar-refractivity contribution < 1.29 is 27.8 Å². The number of hydrogen-bond donors (Lipinski definition) is 0. The largest absolute Gasteiger partial charge is 0.473 e. The molecule has 31 heavy (non-hydrogen) atoms. The molecular formula is C22H27F2N3O4. The second-order valence-electron chi connectivity index (χ2n) is 8.26. The summed E-state index contributed by atoms with van der Waals surface area (Å²) in [6.07, 6.45) is 3.78. The highest BCUT2D eigenvalue weighted by molar-refractivity contribution is 5.69. The van der Waals surface area contributed by atoms with Crippen LogP contribution in [0, 0.1) is 0 Å². The molecule has 1 atom stereocenters. The summed E-state index contributed by atoms with van der Waals surface area (Å²) < 4.78 is 40.0. The van der Waals surface area contributed by atoms with Crippen molar-refractivity contribution in [2.75, 3.05) is 6.54 Å². The number of piperidine rings is 1. The van der Waals surface area contributed by atoms with Gasteiger partial charge in [-0.3, -0.25) is 4.90 Å². The Labute approximate surface area is 180 Å². The van der Waals surface area contributed by atoms with E-state index < -0.39 is 12.2 Å². The first kappa shape index (κ1) is 22.7. The lowest BCUT2D eigenvalue weighted by molar-refractivity contribution is -0.0528. The molecule has 9 heteroatoms. The quantitative estimate of drug-likeness (QED) is 0.627. The summed E-state index contributed by atoms with van der Waals surface area (Å²) in [6.45, 7) is 3.40. The molecule has 1 aliphatic heterocycles. The molecule has 7 nitrogen and oxygen atoms in total. The number of halogens is 2. The van der Waals surface area contributed by atoms with Crippen molar-refractivity contribution in [3.05, 3.63) is 47.8 Å². The van der Waals surface area contributed by atoms with E-state index in [1.54, 1.807) is 17.0 Å². The summed E-state index contributed by atoms with van der Waals surface area (Å²) in [5, 5.41) is 0. The average molecular weight is 435 g/mol. The van der Waals surface area contributed by atoms with Crippen LogP contribution in [0.15, 0.2) is 36.5 Å². The zero-order valence-electron chi connectivity index (χ0n) is 17.9. The molecule has 1 aliphatic rings. The molecule has 0 saturated carbocycles. The lowest BCUT2D eigenvalue weighted by atomic mass is 9.99. The first-order chi connectivity index (χ1) is 14.7. The Kier molecular flexibility index (Phi) is 7.25. The molecule has 0 radical (unpaired) electrons. The lowest BCUT2D eigenvalue weighted by Crippen LogP contribution is -2.42. The molecule has 0 spiro atoms. The number of carbonyl (C=O) groups excluding carboxylic acids is 1. The van der Waals surface area contributed by atoms with Crippen molar-refractivity contribution in [3.8, 4) is 11.8 Å². The van der Waals surface area contributed by atoms with E-state index in [4.69, 9.17) is 9.47 Å². The van der Waals surface area contributed by atoms with Crippen LogP contribution >= 0.6 is 0 Å². The van der Waals surface area contributed by atoms with E-state index in [2.05, 4.69) is 14.7 Å². The molecule has 2 aromatic rings. The molecule has 1 saturated heterocycles. The number of nitrogens with zero attached hydrogens (tertiary/aromatic N) is 3. The summed E-state index contributed by atoms with van der Waals surface area (Å²) >= 11 is 0. The molecule has 168 valence electrons. The van der Waals surface area contributed by atoms with Crippen molar-refractivity contribution in [2.45, 2.75) is 64.9 Å². The fraction of sp³-hybridized carbons (Fsp3) is 0.500. The van der Waals surface area contributed by atoms with Gasteiger partial charge in [0.15, 0.2) is 0 Å². The van der Waals surface area contributed by atoms with E-state index in [0.717, 1.165) is 25.0 Å². The molecule has 3 rings (SSSR count). The third kappa shape index (κ3) is 6.77. The first-order valence-electron chi connectivity index (χ1n) is 10.2. The fourth-order valence-corrected chi connectivity index (χ4v) is 3.29. The van der Waals surface area contributed by atoms with Gasteiger partial charge in [0.2, 0.25) is 11.8 Å². The van der Waals surface area contributed by atoms with E-state index in [-0.39, 0.29) is 24.6 Å². The van der Waals surface area contributed by atoms with Crippen molar-refractivity contribution in [1.29, 1.82) is 0 Å². The van der Waals surface area contributed by atoms with E-state index in [1.807, 2.05) is 32.9 Å². The van der Waals surface area contributed by atoms with Crippen LogP contribution in [0.4, 0.5) is 13.6 Å². The number of pyridine rings is 2. The van der Waals surface area contributed by atoms with Crippen LogP contribution in [0.25, 0.3) is 0 Å². The Morgan fingerprint density at radius 2 is 2.00 bits per heavy atom. The summed E-state index contributed by atoms with van der Waals surface area (Å²) in [5.74, 6) is 0.249. The van der Waals surface area contributed by atoms with Crippen LogP contribution in [-0.2, 0) is 11.3 Å². The van der Waals surface area contributed by atoms with E-state index in [1.165, 1.54) is 12.3 Å². The molecule has 1 unspecified atom stereocenters. The summed E-state index contributed by atoms with van der Waals surface area (Å²) in [4.78, 5) is 22.8. The van der Waals surface area contributed by atoms with Crippen molar-refractivity contribution >= 4 is 6.09 Å². The number of rotatable bonds is 6. The predicted molar refractivity (Wildman–Crippen MR) is 109 cm³/mol. The summed E-state index contributed by atoms with van der Waals surface area (Å²) in [7, 11) is 0. The van der Waals surface area contributed by atoms with Crippen molar-refractivity contribution in [1.82, 2.24) is 14.9 Å². The molecule has 2 aromatic heterocycles. The highest BCUT2D eigenvalue weighted by atomic mass is 19.3.